The van der Waals surface area contributed by atoms with Crippen molar-refractivity contribution in [3.05, 3.63) is 45.6 Å². The lowest BCUT2D eigenvalue weighted by Gasteiger charge is -2.12. The third kappa shape index (κ3) is 7.11. The van der Waals surface area contributed by atoms with Gasteiger partial charge in [-0.3, -0.25) is 0 Å². The molecule has 0 aliphatic heterocycles. The van der Waals surface area contributed by atoms with Crippen LogP contribution in [-0.4, -0.2) is 31.3 Å². The molecule has 1 aromatic carbocycles. The van der Waals surface area contributed by atoms with Crippen LogP contribution in [0.4, 0.5) is 0 Å². The number of nitrogens with zero attached hydrogens (tertiary/aromatic N) is 1. The number of aliphatic imine (C=N–C) groups is 1. The van der Waals surface area contributed by atoms with Gasteiger partial charge in [0.2, 0.25) is 0 Å². The van der Waals surface area contributed by atoms with E-state index in [1.165, 1.54) is 9.75 Å². The van der Waals surface area contributed by atoms with Crippen molar-refractivity contribution in [3.8, 4) is 11.5 Å². The number of hydrogen-bond acceptors (Lipinski definition) is 4. The molecule has 0 saturated carbocycles. The Hall–Kier alpha value is -1.48. The Morgan fingerprint density at radius 3 is 2.64 bits per heavy atom. The number of nitrogens with one attached hydrogen (secondary N) is 2. The lowest BCUT2D eigenvalue weighted by atomic mass is 10.1. The standard InChI is InChI=1S/C18H25N3O2S.HI/c1-4-19-18(21-12-16-8-5-13(2)24-16)20-10-9-14-6-7-15(23-3)11-17(14)22;/h5-8,11,22H,4,9-10,12H2,1-3H3,(H2,19,20,21);1H. The number of guanidine groups is 1. The monoisotopic (exact) mass is 475 g/mol. The third-order valence-electron chi connectivity index (χ3n) is 3.51. The SMILES string of the molecule is CCNC(=NCc1ccc(C)s1)NCCc1ccc(OC)cc1O.I. The minimum Gasteiger partial charge on any atom is -0.508 e. The number of aryl methyl sites for hydroxylation is 1. The van der Waals surface area contributed by atoms with Gasteiger partial charge in [0.1, 0.15) is 11.5 Å². The number of ether oxygens (including phenoxy) is 1. The van der Waals surface area contributed by atoms with Crippen LogP contribution in [0.5, 0.6) is 11.5 Å². The fourth-order valence-corrected chi connectivity index (χ4v) is 3.08. The first kappa shape index (κ1) is 21.6. The van der Waals surface area contributed by atoms with Crippen LogP contribution in [0.1, 0.15) is 22.2 Å². The fourth-order valence-electron chi connectivity index (χ4n) is 2.27. The number of hydrogen-bond donors (Lipinski definition) is 3. The van der Waals surface area contributed by atoms with Crippen molar-refractivity contribution < 1.29 is 9.84 Å². The number of rotatable bonds is 7. The van der Waals surface area contributed by atoms with Crippen molar-refractivity contribution in [2.45, 2.75) is 26.8 Å². The van der Waals surface area contributed by atoms with E-state index in [4.69, 9.17) is 4.74 Å². The second-order valence-corrected chi connectivity index (χ2v) is 6.75. The molecule has 1 aromatic heterocycles. The number of methoxy groups -OCH3 is 1. The molecule has 0 fully saturated rings. The normalized spacial score (nSPS) is 10.9. The first-order chi connectivity index (χ1) is 11.6. The predicted octanol–water partition coefficient (Wildman–Crippen LogP) is 3.69. The molecule has 0 bridgehead atoms. The van der Waals surface area contributed by atoms with Gasteiger partial charge < -0.3 is 20.5 Å². The average Bonchev–Trinajstić information content (AvgIpc) is 2.99. The summed E-state index contributed by atoms with van der Waals surface area (Å²) in [6.07, 6.45) is 0.707. The lowest BCUT2D eigenvalue weighted by molar-refractivity contribution is 0.406. The smallest absolute Gasteiger partial charge is 0.191 e. The van der Waals surface area contributed by atoms with E-state index in [0.29, 0.717) is 25.3 Å². The van der Waals surface area contributed by atoms with Crippen LogP contribution in [0.3, 0.4) is 0 Å². The molecule has 0 amide bonds. The highest BCUT2D eigenvalue weighted by Crippen LogP contribution is 2.23. The van der Waals surface area contributed by atoms with Crippen molar-refractivity contribution in [2.24, 2.45) is 4.99 Å². The van der Waals surface area contributed by atoms with Gasteiger partial charge in [-0.25, -0.2) is 4.99 Å². The molecule has 3 N–H and O–H groups in total. The molecule has 1 heterocycles. The summed E-state index contributed by atoms with van der Waals surface area (Å²) in [6.45, 7) is 6.31. The molecular formula is C18H26IN3O2S. The van der Waals surface area contributed by atoms with Crippen molar-refractivity contribution in [1.82, 2.24) is 10.6 Å². The zero-order valence-corrected chi connectivity index (χ0v) is 18.0. The predicted molar refractivity (Wildman–Crippen MR) is 116 cm³/mol. The summed E-state index contributed by atoms with van der Waals surface area (Å²) in [5.74, 6) is 1.70. The number of aromatic hydroxyl groups is 1. The van der Waals surface area contributed by atoms with Crippen molar-refractivity contribution in [1.29, 1.82) is 0 Å². The summed E-state index contributed by atoms with van der Waals surface area (Å²) in [7, 11) is 1.59. The molecule has 2 rings (SSSR count). The first-order valence-corrected chi connectivity index (χ1v) is 8.87. The molecule has 2 aromatic rings. The molecule has 0 aliphatic carbocycles. The van der Waals surface area contributed by atoms with Gasteiger partial charge in [0.15, 0.2) is 5.96 Å². The summed E-state index contributed by atoms with van der Waals surface area (Å²) in [5, 5.41) is 16.5. The second-order valence-electron chi connectivity index (χ2n) is 5.38. The van der Waals surface area contributed by atoms with E-state index in [9.17, 15) is 5.11 Å². The fraction of sp³-hybridized carbons (Fsp3) is 0.389. The second kappa shape index (κ2) is 11.2. The van der Waals surface area contributed by atoms with Crippen LogP contribution in [0.15, 0.2) is 35.3 Å². The Morgan fingerprint density at radius 2 is 2.04 bits per heavy atom. The maximum absolute atomic E-state index is 9.99. The van der Waals surface area contributed by atoms with E-state index < -0.39 is 0 Å². The summed E-state index contributed by atoms with van der Waals surface area (Å²) in [4.78, 5) is 7.15. The molecule has 0 radical (unpaired) electrons. The maximum atomic E-state index is 9.99. The Morgan fingerprint density at radius 1 is 1.24 bits per heavy atom. The lowest BCUT2D eigenvalue weighted by Crippen LogP contribution is -2.38. The summed E-state index contributed by atoms with van der Waals surface area (Å²) in [5.41, 5.74) is 0.882. The summed E-state index contributed by atoms with van der Waals surface area (Å²) < 4.78 is 5.10. The highest BCUT2D eigenvalue weighted by atomic mass is 127. The Bertz CT molecular complexity index is 689. The van der Waals surface area contributed by atoms with E-state index in [2.05, 4.69) is 34.7 Å². The maximum Gasteiger partial charge on any atom is 0.191 e. The van der Waals surface area contributed by atoms with E-state index in [1.54, 1.807) is 24.5 Å². The van der Waals surface area contributed by atoms with Crippen LogP contribution in [0.25, 0.3) is 0 Å². The van der Waals surface area contributed by atoms with Gasteiger partial charge in [0.25, 0.3) is 0 Å². The molecule has 7 heteroatoms. The molecule has 0 spiro atoms. The quantitative estimate of drug-likeness (QED) is 0.325. The van der Waals surface area contributed by atoms with E-state index in [-0.39, 0.29) is 29.7 Å². The van der Waals surface area contributed by atoms with Gasteiger partial charge in [-0.1, -0.05) is 6.07 Å². The average molecular weight is 475 g/mol. The molecule has 0 atom stereocenters. The number of halogens is 1. The van der Waals surface area contributed by atoms with Gasteiger partial charge in [-0.2, -0.15) is 0 Å². The van der Waals surface area contributed by atoms with E-state index in [0.717, 1.165) is 18.1 Å². The molecule has 138 valence electrons. The molecular weight excluding hydrogens is 449 g/mol. The Balaban J connectivity index is 0.00000312. The van der Waals surface area contributed by atoms with Crippen LogP contribution < -0.4 is 15.4 Å². The van der Waals surface area contributed by atoms with Crippen molar-refractivity contribution in [2.75, 3.05) is 20.2 Å². The minimum atomic E-state index is 0. The van der Waals surface area contributed by atoms with Gasteiger partial charge in [-0.15, -0.1) is 35.3 Å². The van der Waals surface area contributed by atoms with E-state index >= 15 is 0 Å². The van der Waals surface area contributed by atoms with Gasteiger partial charge >= 0.3 is 0 Å². The van der Waals surface area contributed by atoms with Gasteiger partial charge in [0, 0.05) is 28.9 Å². The van der Waals surface area contributed by atoms with Gasteiger partial charge in [0.05, 0.1) is 13.7 Å². The van der Waals surface area contributed by atoms with Gasteiger partial charge in [-0.05, 0) is 44.0 Å². The van der Waals surface area contributed by atoms with Crippen LogP contribution in [0, 0.1) is 6.92 Å². The summed E-state index contributed by atoms with van der Waals surface area (Å²) in [6, 6.07) is 9.60. The molecule has 0 unspecified atom stereocenters. The molecule has 25 heavy (non-hydrogen) atoms. The summed E-state index contributed by atoms with van der Waals surface area (Å²) >= 11 is 1.77. The third-order valence-corrected chi connectivity index (χ3v) is 4.50. The molecule has 0 aliphatic rings. The number of thiophene rings is 1. The van der Waals surface area contributed by atoms with Crippen LogP contribution in [0.2, 0.25) is 0 Å². The highest BCUT2D eigenvalue weighted by Gasteiger charge is 2.04. The number of phenols is 1. The Kier molecular flexibility index (Phi) is 9.66. The largest absolute Gasteiger partial charge is 0.508 e. The molecule has 0 saturated heterocycles. The number of benzene rings is 1. The zero-order chi connectivity index (χ0) is 17.4. The topological polar surface area (TPSA) is 65.9 Å². The van der Waals surface area contributed by atoms with Crippen molar-refractivity contribution in [3.63, 3.8) is 0 Å². The van der Waals surface area contributed by atoms with E-state index in [1.807, 2.05) is 19.1 Å². The van der Waals surface area contributed by atoms with Crippen LogP contribution >= 0.6 is 35.3 Å². The number of phenolic OH excluding ortho intramolecular Hbond substituents is 1. The van der Waals surface area contributed by atoms with Crippen molar-refractivity contribution >= 4 is 41.3 Å². The first-order valence-electron chi connectivity index (χ1n) is 8.05. The zero-order valence-electron chi connectivity index (χ0n) is 14.8. The minimum absolute atomic E-state index is 0. The highest BCUT2D eigenvalue weighted by molar-refractivity contribution is 14.0. The Labute approximate surface area is 170 Å². The van der Waals surface area contributed by atoms with Crippen LogP contribution in [-0.2, 0) is 13.0 Å². The molecule has 5 nitrogen and oxygen atoms in total.